The van der Waals surface area contributed by atoms with Crippen molar-refractivity contribution in [3.05, 3.63) is 0 Å². The summed E-state index contributed by atoms with van der Waals surface area (Å²) in [5, 5.41) is 6.10. The Morgan fingerprint density at radius 1 is 1.05 bits per heavy atom. The first-order valence-electron chi connectivity index (χ1n) is 7.02. The van der Waals surface area contributed by atoms with Crippen molar-refractivity contribution in [3.63, 3.8) is 0 Å². The molecule has 0 aliphatic carbocycles. The summed E-state index contributed by atoms with van der Waals surface area (Å²) in [5.41, 5.74) is 0. The largest absolute Gasteiger partial charge is 0.311 e. The fraction of sp³-hybridized carbons (Fsp3) is 0.857. The molecular formula is C14H28N2O2S. The molecule has 0 fully saturated rings. The summed E-state index contributed by atoms with van der Waals surface area (Å²) in [6, 6.07) is -0.00731. The number of Topliss-reactive ketones (excluding diaryl/α,β-unsaturated/α-hetero) is 2. The molecule has 2 atom stereocenters. The van der Waals surface area contributed by atoms with E-state index in [9.17, 15) is 9.59 Å². The smallest absolute Gasteiger partial charge is 0.149 e. The minimum Gasteiger partial charge on any atom is -0.311 e. The van der Waals surface area contributed by atoms with Gasteiger partial charge in [-0.2, -0.15) is 11.8 Å². The molecule has 0 spiro atoms. The number of rotatable bonds is 12. The van der Waals surface area contributed by atoms with Crippen LogP contribution in [0.15, 0.2) is 0 Å². The third-order valence-corrected chi connectivity index (χ3v) is 4.36. The molecule has 0 aromatic rings. The number of nitrogens with one attached hydrogen (secondary N) is 2. The van der Waals surface area contributed by atoms with E-state index in [0.29, 0.717) is 6.42 Å². The molecule has 0 radical (unpaired) electrons. The Balaban J connectivity index is 3.64. The van der Waals surface area contributed by atoms with Gasteiger partial charge in [0.15, 0.2) is 0 Å². The quantitative estimate of drug-likeness (QED) is 0.535. The molecule has 0 saturated heterocycles. The Labute approximate surface area is 121 Å². The second-order valence-corrected chi connectivity index (χ2v) is 5.88. The van der Waals surface area contributed by atoms with Gasteiger partial charge in [0.05, 0.1) is 12.1 Å². The van der Waals surface area contributed by atoms with E-state index in [4.69, 9.17) is 0 Å². The highest BCUT2D eigenvalue weighted by atomic mass is 32.2. The number of hydrogen-bond acceptors (Lipinski definition) is 5. The van der Waals surface area contributed by atoms with Gasteiger partial charge in [0.1, 0.15) is 11.6 Å². The Morgan fingerprint density at radius 3 is 2.16 bits per heavy atom. The van der Waals surface area contributed by atoms with E-state index in [1.54, 1.807) is 6.92 Å². The lowest BCUT2D eigenvalue weighted by molar-refractivity contribution is -0.121. The van der Waals surface area contributed by atoms with E-state index in [1.807, 2.05) is 32.8 Å². The normalized spacial score (nSPS) is 14.1. The number of likely N-dealkylation sites (N-methyl/N-ethyl adjacent to an activating group) is 2. The van der Waals surface area contributed by atoms with Crippen molar-refractivity contribution < 1.29 is 9.59 Å². The van der Waals surface area contributed by atoms with Crippen molar-refractivity contribution in [2.45, 2.75) is 51.6 Å². The fourth-order valence-electron chi connectivity index (χ4n) is 1.96. The Morgan fingerprint density at radius 2 is 1.68 bits per heavy atom. The standard InChI is InChI=1S/C14H28N2O2S/c1-5-14(18)13(16-4)8-10-19-9-6-7-12(15-3)11(2)17/h12-13,15-16H,5-10H2,1-4H3. The average molecular weight is 288 g/mol. The summed E-state index contributed by atoms with van der Waals surface area (Å²) in [6.07, 6.45) is 3.40. The van der Waals surface area contributed by atoms with Gasteiger partial charge in [-0.25, -0.2) is 0 Å². The van der Waals surface area contributed by atoms with Gasteiger partial charge >= 0.3 is 0 Å². The molecule has 112 valence electrons. The average Bonchev–Trinajstić information content (AvgIpc) is 2.41. The molecule has 0 aromatic carbocycles. The Hall–Kier alpha value is -0.390. The number of thioether (sulfide) groups is 1. The van der Waals surface area contributed by atoms with E-state index in [-0.39, 0.29) is 23.7 Å². The Bertz CT molecular complexity index is 272. The van der Waals surface area contributed by atoms with Gasteiger partial charge in [0.2, 0.25) is 0 Å². The van der Waals surface area contributed by atoms with E-state index >= 15 is 0 Å². The van der Waals surface area contributed by atoms with Crippen molar-refractivity contribution in [2.24, 2.45) is 0 Å². The van der Waals surface area contributed by atoms with Crippen LogP contribution < -0.4 is 10.6 Å². The van der Waals surface area contributed by atoms with Gasteiger partial charge in [-0.1, -0.05) is 6.92 Å². The van der Waals surface area contributed by atoms with E-state index in [2.05, 4.69) is 10.6 Å². The van der Waals surface area contributed by atoms with Crippen LogP contribution >= 0.6 is 11.8 Å². The predicted molar refractivity (Wildman–Crippen MR) is 82.9 cm³/mol. The summed E-state index contributed by atoms with van der Waals surface area (Å²) >= 11 is 1.86. The zero-order chi connectivity index (χ0) is 14.7. The lowest BCUT2D eigenvalue weighted by atomic mass is 10.1. The van der Waals surface area contributed by atoms with Gasteiger partial charge in [-0.15, -0.1) is 0 Å². The second kappa shape index (κ2) is 11.4. The zero-order valence-electron chi connectivity index (χ0n) is 12.6. The first-order chi connectivity index (χ1) is 9.06. The van der Waals surface area contributed by atoms with E-state index < -0.39 is 0 Å². The van der Waals surface area contributed by atoms with Gasteiger partial charge in [0.25, 0.3) is 0 Å². The summed E-state index contributed by atoms with van der Waals surface area (Å²) < 4.78 is 0. The first-order valence-corrected chi connectivity index (χ1v) is 8.17. The zero-order valence-corrected chi connectivity index (χ0v) is 13.4. The van der Waals surface area contributed by atoms with Crippen molar-refractivity contribution in [1.82, 2.24) is 10.6 Å². The lowest BCUT2D eigenvalue weighted by Crippen LogP contribution is -2.34. The van der Waals surface area contributed by atoms with Crippen LogP contribution in [-0.4, -0.2) is 49.3 Å². The third kappa shape index (κ3) is 8.39. The van der Waals surface area contributed by atoms with Crippen LogP contribution in [0.5, 0.6) is 0 Å². The molecule has 4 nitrogen and oxygen atoms in total. The number of ketones is 2. The third-order valence-electron chi connectivity index (χ3n) is 3.26. The maximum Gasteiger partial charge on any atom is 0.149 e. The topological polar surface area (TPSA) is 58.2 Å². The van der Waals surface area contributed by atoms with Crippen molar-refractivity contribution in [1.29, 1.82) is 0 Å². The monoisotopic (exact) mass is 288 g/mol. The van der Waals surface area contributed by atoms with Gasteiger partial charge in [0, 0.05) is 6.42 Å². The summed E-state index contributed by atoms with van der Waals surface area (Å²) in [6.45, 7) is 3.53. The van der Waals surface area contributed by atoms with Crippen molar-refractivity contribution >= 4 is 23.3 Å². The molecule has 2 unspecified atom stereocenters. The van der Waals surface area contributed by atoms with Crippen molar-refractivity contribution in [2.75, 3.05) is 25.6 Å². The predicted octanol–water partition coefficient (Wildman–Crippen LogP) is 1.63. The molecule has 0 aromatic heterocycles. The molecule has 0 amide bonds. The highest BCUT2D eigenvalue weighted by Gasteiger charge is 2.14. The van der Waals surface area contributed by atoms with Gasteiger partial charge < -0.3 is 10.6 Å². The molecule has 0 aliphatic rings. The highest BCUT2D eigenvalue weighted by Crippen LogP contribution is 2.10. The van der Waals surface area contributed by atoms with Crippen LogP contribution in [0.2, 0.25) is 0 Å². The highest BCUT2D eigenvalue weighted by molar-refractivity contribution is 7.99. The minimum atomic E-state index is -0.00711. The number of carbonyl (C=O) groups is 2. The molecule has 0 saturated carbocycles. The molecule has 0 bridgehead atoms. The van der Waals surface area contributed by atoms with Crippen molar-refractivity contribution in [3.8, 4) is 0 Å². The van der Waals surface area contributed by atoms with Crippen LogP contribution in [0.25, 0.3) is 0 Å². The maximum absolute atomic E-state index is 11.5. The van der Waals surface area contributed by atoms with Crippen LogP contribution in [0, 0.1) is 0 Å². The first kappa shape index (κ1) is 18.6. The van der Waals surface area contributed by atoms with Crippen LogP contribution in [0.3, 0.4) is 0 Å². The molecule has 5 heteroatoms. The van der Waals surface area contributed by atoms with E-state index in [1.165, 1.54) is 0 Å². The molecule has 0 rings (SSSR count). The maximum atomic E-state index is 11.5. The SMILES string of the molecule is CCC(=O)C(CCSCCCC(NC)C(C)=O)NC. The van der Waals surface area contributed by atoms with E-state index in [0.717, 1.165) is 30.8 Å². The fourth-order valence-corrected chi connectivity index (χ4v) is 2.93. The molecular weight excluding hydrogens is 260 g/mol. The molecule has 0 aliphatic heterocycles. The van der Waals surface area contributed by atoms with Gasteiger partial charge in [-0.05, 0) is 51.8 Å². The number of hydrogen-bond donors (Lipinski definition) is 2. The minimum absolute atomic E-state index is 0.000207. The lowest BCUT2D eigenvalue weighted by Gasteiger charge is -2.14. The second-order valence-electron chi connectivity index (χ2n) is 4.66. The summed E-state index contributed by atoms with van der Waals surface area (Å²) in [4.78, 5) is 22.8. The Kier molecular flexibility index (Phi) is 11.2. The number of carbonyl (C=O) groups excluding carboxylic acids is 2. The van der Waals surface area contributed by atoms with Crippen LogP contribution in [0.1, 0.15) is 39.5 Å². The summed E-state index contributed by atoms with van der Waals surface area (Å²) in [5.74, 6) is 2.52. The summed E-state index contributed by atoms with van der Waals surface area (Å²) in [7, 11) is 3.67. The molecule has 0 heterocycles. The molecule has 19 heavy (non-hydrogen) atoms. The van der Waals surface area contributed by atoms with Gasteiger partial charge in [-0.3, -0.25) is 9.59 Å². The van der Waals surface area contributed by atoms with Crippen LogP contribution in [-0.2, 0) is 9.59 Å². The van der Waals surface area contributed by atoms with Crippen LogP contribution in [0.4, 0.5) is 0 Å². The molecule has 2 N–H and O–H groups in total.